The summed E-state index contributed by atoms with van der Waals surface area (Å²) in [5.41, 5.74) is 1.20. The Labute approximate surface area is 151 Å². The van der Waals surface area contributed by atoms with Crippen LogP contribution in [0.3, 0.4) is 0 Å². The largest absolute Gasteiger partial charge is 0.353 e. The third-order valence-electron chi connectivity index (χ3n) is 3.77. The molecule has 126 valence electrons. The molecule has 0 saturated heterocycles. The Balaban J connectivity index is 1.59. The molecule has 1 saturated carbocycles. The fourth-order valence-electron chi connectivity index (χ4n) is 2.37. The Morgan fingerprint density at radius 2 is 1.96 bits per heavy atom. The molecule has 1 aromatic heterocycles. The molecular weight excluding hydrogens is 338 g/mol. The summed E-state index contributed by atoms with van der Waals surface area (Å²) in [5, 5.41) is 8.74. The predicted molar refractivity (Wildman–Crippen MR) is 102 cm³/mol. The van der Waals surface area contributed by atoms with Crippen molar-refractivity contribution in [1.82, 2.24) is 15.5 Å². The number of benzene rings is 1. The predicted octanol–water partition coefficient (Wildman–Crippen LogP) is 2.90. The Kier molecular flexibility index (Phi) is 5.82. The maximum atomic E-state index is 11.8. The van der Waals surface area contributed by atoms with E-state index < -0.39 is 0 Å². The number of thiocarbonyl (C=S) groups is 1. The van der Waals surface area contributed by atoms with E-state index in [0.717, 1.165) is 25.9 Å². The molecule has 0 atom stereocenters. The summed E-state index contributed by atoms with van der Waals surface area (Å²) in [6, 6.07) is 14.8. The first kappa shape index (κ1) is 16.9. The van der Waals surface area contributed by atoms with Crippen LogP contribution in [0.4, 0.5) is 0 Å². The molecule has 2 N–H and O–H groups in total. The van der Waals surface area contributed by atoms with Gasteiger partial charge in [-0.3, -0.25) is 4.79 Å². The molecule has 24 heavy (non-hydrogen) atoms. The number of thiophene rings is 1. The molecule has 1 fully saturated rings. The second-order valence-corrected chi connectivity index (χ2v) is 7.34. The molecule has 3 rings (SSSR count). The van der Waals surface area contributed by atoms with E-state index in [9.17, 15) is 4.79 Å². The van der Waals surface area contributed by atoms with E-state index in [-0.39, 0.29) is 12.5 Å². The van der Waals surface area contributed by atoms with E-state index >= 15 is 0 Å². The summed E-state index contributed by atoms with van der Waals surface area (Å²) in [4.78, 5) is 15.2. The zero-order valence-corrected chi connectivity index (χ0v) is 15.0. The van der Waals surface area contributed by atoms with Gasteiger partial charge in [0.1, 0.15) is 0 Å². The quantitative estimate of drug-likeness (QED) is 0.746. The van der Waals surface area contributed by atoms with Crippen molar-refractivity contribution in [3.63, 3.8) is 0 Å². The lowest BCUT2D eigenvalue weighted by Gasteiger charge is -2.25. The number of carbonyl (C=O) groups excluding carboxylic acids is 1. The monoisotopic (exact) mass is 359 g/mol. The van der Waals surface area contributed by atoms with E-state index in [2.05, 4.69) is 39.1 Å². The van der Waals surface area contributed by atoms with Crippen molar-refractivity contribution in [3.05, 3.63) is 58.3 Å². The lowest BCUT2D eigenvalue weighted by Crippen LogP contribution is -2.44. The van der Waals surface area contributed by atoms with Crippen LogP contribution in [-0.2, 0) is 17.9 Å². The summed E-state index contributed by atoms with van der Waals surface area (Å²) < 4.78 is 0. The topological polar surface area (TPSA) is 44.4 Å². The first-order chi connectivity index (χ1) is 11.7. The van der Waals surface area contributed by atoms with Gasteiger partial charge in [0.2, 0.25) is 5.91 Å². The minimum atomic E-state index is 0.00985. The van der Waals surface area contributed by atoms with Crippen LogP contribution in [0, 0.1) is 0 Å². The van der Waals surface area contributed by atoms with E-state index in [1.54, 1.807) is 11.3 Å². The van der Waals surface area contributed by atoms with Gasteiger partial charge in [0.25, 0.3) is 0 Å². The molecule has 0 radical (unpaired) electrons. The van der Waals surface area contributed by atoms with Gasteiger partial charge in [0, 0.05) is 17.5 Å². The number of amides is 1. The number of rotatable bonds is 7. The van der Waals surface area contributed by atoms with Gasteiger partial charge >= 0.3 is 0 Å². The highest BCUT2D eigenvalue weighted by Crippen LogP contribution is 2.18. The molecule has 1 aromatic carbocycles. The highest BCUT2D eigenvalue weighted by Gasteiger charge is 2.23. The summed E-state index contributed by atoms with van der Waals surface area (Å²) in [6.07, 6.45) is 2.18. The molecule has 1 aliphatic rings. The molecular formula is C18H21N3OS2. The second-order valence-electron chi connectivity index (χ2n) is 5.92. The first-order valence-electron chi connectivity index (χ1n) is 8.09. The van der Waals surface area contributed by atoms with Crippen molar-refractivity contribution >= 4 is 34.6 Å². The highest BCUT2D eigenvalue weighted by atomic mass is 32.1. The number of nitrogens with zero attached hydrogens (tertiary/aromatic N) is 1. The van der Waals surface area contributed by atoms with Crippen molar-refractivity contribution in [3.8, 4) is 0 Å². The van der Waals surface area contributed by atoms with Gasteiger partial charge < -0.3 is 15.5 Å². The average Bonchev–Trinajstić information content (AvgIpc) is 3.25. The van der Waals surface area contributed by atoms with Crippen molar-refractivity contribution in [2.75, 3.05) is 6.54 Å². The van der Waals surface area contributed by atoms with Crippen LogP contribution < -0.4 is 10.6 Å². The van der Waals surface area contributed by atoms with Gasteiger partial charge in [-0.2, -0.15) is 0 Å². The molecule has 2 aromatic rings. The number of carbonyl (C=O) groups is 1. The molecule has 0 spiro atoms. The molecule has 1 aliphatic carbocycles. The summed E-state index contributed by atoms with van der Waals surface area (Å²) in [7, 11) is 0. The van der Waals surface area contributed by atoms with E-state index in [4.69, 9.17) is 12.2 Å². The van der Waals surface area contributed by atoms with Crippen molar-refractivity contribution < 1.29 is 4.79 Å². The van der Waals surface area contributed by atoms with Crippen molar-refractivity contribution in [2.24, 2.45) is 0 Å². The smallest absolute Gasteiger partial charge is 0.239 e. The van der Waals surface area contributed by atoms with Crippen LogP contribution in [0.1, 0.15) is 23.3 Å². The molecule has 1 amide bonds. The van der Waals surface area contributed by atoms with Crippen molar-refractivity contribution in [1.29, 1.82) is 0 Å². The lowest BCUT2D eigenvalue weighted by molar-refractivity contribution is -0.120. The van der Waals surface area contributed by atoms with Crippen LogP contribution in [0.5, 0.6) is 0 Å². The third-order valence-corrected chi connectivity index (χ3v) is 5.04. The zero-order chi connectivity index (χ0) is 16.8. The molecule has 1 heterocycles. The standard InChI is InChI=1S/C18H21N3OS2/c22-17(20-15-8-9-15)11-19-18(23)21(13-16-7-4-10-24-16)12-14-5-2-1-3-6-14/h1-7,10,15H,8-9,11-13H2,(H,19,23)(H,20,22). The van der Waals surface area contributed by atoms with Gasteiger partial charge in [-0.25, -0.2) is 0 Å². The molecule has 6 heteroatoms. The van der Waals surface area contributed by atoms with Gasteiger partial charge in [0.15, 0.2) is 5.11 Å². The Morgan fingerprint density at radius 3 is 2.62 bits per heavy atom. The Morgan fingerprint density at radius 1 is 1.17 bits per heavy atom. The Hall–Kier alpha value is -1.92. The number of hydrogen-bond donors (Lipinski definition) is 2. The number of hydrogen-bond acceptors (Lipinski definition) is 3. The third kappa shape index (κ3) is 5.32. The average molecular weight is 360 g/mol. The molecule has 0 bridgehead atoms. The summed E-state index contributed by atoms with van der Waals surface area (Å²) in [5.74, 6) is 0.00985. The molecule has 0 aliphatic heterocycles. The van der Waals surface area contributed by atoms with Crippen molar-refractivity contribution in [2.45, 2.75) is 32.0 Å². The van der Waals surface area contributed by atoms with Crippen LogP contribution in [0.15, 0.2) is 47.8 Å². The van der Waals surface area contributed by atoms with Crippen LogP contribution in [0.2, 0.25) is 0 Å². The Bertz CT molecular complexity index is 669. The SMILES string of the molecule is O=C(CNC(=S)N(Cc1ccccc1)Cc1cccs1)NC1CC1. The van der Waals surface area contributed by atoms with E-state index in [0.29, 0.717) is 11.2 Å². The summed E-state index contributed by atoms with van der Waals surface area (Å²) >= 11 is 7.25. The van der Waals surface area contributed by atoms with Crippen LogP contribution in [0.25, 0.3) is 0 Å². The maximum Gasteiger partial charge on any atom is 0.239 e. The first-order valence-corrected chi connectivity index (χ1v) is 9.38. The minimum absolute atomic E-state index is 0.00985. The zero-order valence-electron chi connectivity index (χ0n) is 13.4. The van der Waals surface area contributed by atoms with Gasteiger partial charge in [-0.05, 0) is 42.1 Å². The number of nitrogens with one attached hydrogen (secondary N) is 2. The molecule has 4 nitrogen and oxygen atoms in total. The van der Waals surface area contributed by atoms with Gasteiger partial charge in [-0.15, -0.1) is 11.3 Å². The fraction of sp³-hybridized carbons (Fsp3) is 0.333. The van der Waals surface area contributed by atoms with Gasteiger partial charge in [-0.1, -0.05) is 36.4 Å². The summed E-state index contributed by atoms with van der Waals surface area (Å²) in [6.45, 7) is 1.68. The van der Waals surface area contributed by atoms with Crippen LogP contribution >= 0.6 is 23.6 Å². The van der Waals surface area contributed by atoms with E-state index in [1.807, 2.05) is 24.3 Å². The second kappa shape index (κ2) is 8.26. The highest BCUT2D eigenvalue weighted by molar-refractivity contribution is 7.80. The van der Waals surface area contributed by atoms with Gasteiger partial charge in [0.05, 0.1) is 13.1 Å². The normalized spacial score (nSPS) is 13.3. The van der Waals surface area contributed by atoms with Crippen LogP contribution in [-0.4, -0.2) is 28.5 Å². The van der Waals surface area contributed by atoms with E-state index in [1.165, 1.54) is 10.4 Å². The maximum absolute atomic E-state index is 11.8. The minimum Gasteiger partial charge on any atom is -0.353 e. The fourth-order valence-corrected chi connectivity index (χ4v) is 3.29. The lowest BCUT2D eigenvalue weighted by atomic mass is 10.2. The molecule has 0 unspecified atom stereocenters.